The SMILES string of the molecule is O.OO.OO.[Fe].[Fe].[Fe].[Fe].[O-]O.[OH-]. The van der Waals surface area contributed by atoms with E-state index in [2.05, 4.69) is 0 Å². The molecular weight excluding hydrogens is 351 g/mol. The summed E-state index contributed by atoms with van der Waals surface area (Å²) < 4.78 is 0. The summed E-state index contributed by atoms with van der Waals surface area (Å²) >= 11 is 0. The van der Waals surface area contributed by atoms with Gasteiger partial charge >= 0.3 is 0 Å². The van der Waals surface area contributed by atoms with Gasteiger partial charge in [-0.1, -0.05) is 0 Å². The van der Waals surface area contributed by atoms with E-state index in [0.717, 1.165) is 0 Å². The Morgan fingerprint density at radius 3 is 0.583 bits per heavy atom. The van der Waals surface area contributed by atoms with Crippen LogP contribution >= 0.6 is 0 Å². The normalized spacial score (nSPS) is 1.50. The Bertz CT molecular complexity index is 11.0. The van der Waals surface area contributed by atoms with E-state index in [1.807, 2.05) is 0 Å². The van der Waals surface area contributed by atoms with Gasteiger partial charge in [0.1, 0.15) is 0 Å². The molecule has 8 nitrogen and oxygen atoms in total. The van der Waals surface area contributed by atoms with Crippen LogP contribution in [0.3, 0.4) is 0 Å². The molecule has 0 bridgehead atoms. The van der Waals surface area contributed by atoms with E-state index in [4.69, 9.17) is 31.5 Å². The number of hydrogen-bond donors (Lipinski definition) is 5. The van der Waals surface area contributed by atoms with E-state index in [0.29, 0.717) is 0 Å². The van der Waals surface area contributed by atoms with Crippen LogP contribution in [0.1, 0.15) is 0 Å². The fourth-order valence-corrected chi connectivity index (χ4v) is 0. The first-order valence-corrected chi connectivity index (χ1v) is 0.583. The first kappa shape index (κ1) is 98.9. The average molecular weight is 359 g/mol. The Kier molecular flexibility index (Phi) is 4700. The van der Waals surface area contributed by atoms with Crippen molar-refractivity contribution in [3.05, 3.63) is 0 Å². The smallest absolute Gasteiger partial charge is 0 e. The van der Waals surface area contributed by atoms with Gasteiger partial charge in [-0.3, -0.25) is 21.0 Å². The van der Waals surface area contributed by atoms with Crippen molar-refractivity contribution in [2.45, 2.75) is 0 Å². The largest absolute Gasteiger partial charge is 0.870 e. The van der Waals surface area contributed by atoms with Gasteiger partial charge in [-0.15, -0.1) is 0 Å². The summed E-state index contributed by atoms with van der Waals surface area (Å²) in [5, 5.41) is 37.0. The quantitative estimate of drug-likeness (QED) is 0.185. The molecule has 0 aromatic rings. The zero-order valence-corrected chi connectivity index (χ0v) is 9.42. The summed E-state index contributed by atoms with van der Waals surface area (Å²) in [5.41, 5.74) is 0. The molecule has 12 heteroatoms. The molecule has 0 rings (SSSR count). The first-order valence-electron chi connectivity index (χ1n) is 0.583. The minimum absolute atomic E-state index is 0. The van der Waals surface area contributed by atoms with Crippen LogP contribution in [0.5, 0.6) is 0 Å². The van der Waals surface area contributed by atoms with E-state index in [9.17, 15) is 0 Å². The maximum Gasteiger partial charge on any atom is 0 e. The zero-order valence-electron chi connectivity index (χ0n) is 5.01. The summed E-state index contributed by atoms with van der Waals surface area (Å²) in [4.78, 5) is 0. The molecule has 0 spiro atoms. The van der Waals surface area contributed by atoms with Crippen molar-refractivity contribution in [3.63, 3.8) is 0 Å². The fourth-order valence-electron chi connectivity index (χ4n) is 0. The van der Waals surface area contributed by atoms with E-state index in [1.54, 1.807) is 0 Å². The van der Waals surface area contributed by atoms with Gasteiger partial charge in [0.05, 0.1) is 0 Å². The molecule has 0 radical (unpaired) electrons. The van der Waals surface area contributed by atoms with Crippen molar-refractivity contribution in [1.29, 1.82) is 0 Å². The second kappa shape index (κ2) is 571. The van der Waals surface area contributed by atoms with Gasteiger partial charge in [-0.05, 0) is 0 Å². The van der Waals surface area contributed by atoms with Crippen molar-refractivity contribution < 1.29 is 111 Å². The predicted octanol–water partition coefficient (Wildman–Crippen LogP) is -2.16. The van der Waals surface area contributed by atoms with E-state index >= 15 is 0 Å². The molecule has 0 atom stereocenters. The second-order valence-electron chi connectivity index (χ2n) is 0. The summed E-state index contributed by atoms with van der Waals surface area (Å²) in [7, 11) is 0. The van der Waals surface area contributed by atoms with Gasteiger partial charge in [-0.25, -0.2) is 0 Å². The van der Waals surface area contributed by atoms with Crippen LogP contribution in [-0.2, 0) is 68.3 Å². The third kappa shape index (κ3) is 440. The molecule has 0 fully saturated rings. The van der Waals surface area contributed by atoms with Gasteiger partial charge in [0.2, 0.25) is 0 Å². The molecule has 8 N–H and O–H groups in total. The molecule has 0 aliphatic rings. The molecule has 0 saturated carbocycles. The zero-order chi connectivity index (χ0) is 6.00. The Hall–Kier alpha value is 1.76. The summed E-state index contributed by atoms with van der Waals surface area (Å²) in [5.74, 6) is 0. The van der Waals surface area contributed by atoms with E-state index in [-0.39, 0.29) is 79.2 Å². The number of rotatable bonds is 0. The van der Waals surface area contributed by atoms with Crippen LogP contribution in [0, 0.1) is 0 Å². The van der Waals surface area contributed by atoms with Crippen molar-refractivity contribution >= 4 is 0 Å². The van der Waals surface area contributed by atoms with Crippen LogP contribution in [0.2, 0.25) is 0 Å². The standard InChI is InChI=1S/4Fe.3H2O2.2H2O/c;;;;3*1-2;;/h;;;;3*1-2H;2*1H2/p-2. The molecule has 0 aromatic heterocycles. The molecular formula is H8Fe4O8-2. The van der Waals surface area contributed by atoms with Crippen LogP contribution in [-0.4, -0.2) is 37.2 Å². The van der Waals surface area contributed by atoms with Crippen LogP contribution in [0.4, 0.5) is 0 Å². The molecule has 0 amide bonds. The van der Waals surface area contributed by atoms with Crippen LogP contribution < -0.4 is 5.26 Å². The van der Waals surface area contributed by atoms with Gasteiger partial charge in [0.15, 0.2) is 0 Å². The molecule has 0 aliphatic carbocycles. The van der Waals surface area contributed by atoms with E-state index in [1.165, 1.54) is 0 Å². The monoisotopic (exact) mass is 360 g/mol. The topological polar surface area (TPSA) is 186 Å². The van der Waals surface area contributed by atoms with Gasteiger partial charge in [0, 0.05) is 68.3 Å². The van der Waals surface area contributed by atoms with Gasteiger partial charge in [0.25, 0.3) is 0 Å². The first-order chi connectivity index (χ1) is 3.00. The molecule has 12 heavy (non-hydrogen) atoms. The predicted molar refractivity (Wildman–Crippen MR) is 18.7 cm³/mol. The Morgan fingerprint density at radius 2 is 0.583 bits per heavy atom. The minimum Gasteiger partial charge on any atom is -0.870 e. The molecule has 0 heterocycles. The molecule has 90 valence electrons. The van der Waals surface area contributed by atoms with Gasteiger partial charge < -0.3 is 21.5 Å². The van der Waals surface area contributed by atoms with Crippen molar-refractivity contribution in [2.75, 3.05) is 0 Å². The average Bonchev–Trinajstić information content (AvgIpc) is 1.81. The molecule has 0 aliphatic heterocycles. The van der Waals surface area contributed by atoms with E-state index < -0.39 is 0 Å². The number of hydrogen-bond acceptors (Lipinski definition) is 7. The minimum atomic E-state index is 0. The second-order valence-corrected chi connectivity index (χ2v) is 0. The fraction of sp³-hybridized carbons (Fsp3) is 0. The van der Waals surface area contributed by atoms with Crippen molar-refractivity contribution in [2.24, 2.45) is 0 Å². The molecule has 0 unspecified atom stereocenters. The summed E-state index contributed by atoms with van der Waals surface area (Å²) in [6.07, 6.45) is 0. The Balaban J connectivity index is -0.00000000129. The summed E-state index contributed by atoms with van der Waals surface area (Å²) in [6.45, 7) is 0. The maximum absolute atomic E-state index is 7.25. The maximum atomic E-state index is 7.25. The van der Waals surface area contributed by atoms with Crippen molar-refractivity contribution in [1.82, 2.24) is 0 Å². The Morgan fingerprint density at radius 1 is 0.583 bits per heavy atom. The van der Waals surface area contributed by atoms with Gasteiger partial charge in [-0.2, -0.15) is 0 Å². The van der Waals surface area contributed by atoms with Crippen LogP contribution in [0.15, 0.2) is 0 Å². The van der Waals surface area contributed by atoms with Crippen molar-refractivity contribution in [3.8, 4) is 0 Å². The third-order valence-corrected chi connectivity index (χ3v) is 0. The molecule has 0 saturated heterocycles. The third-order valence-electron chi connectivity index (χ3n) is 0. The summed E-state index contributed by atoms with van der Waals surface area (Å²) in [6, 6.07) is 0. The molecule has 0 aromatic carbocycles. The van der Waals surface area contributed by atoms with Crippen LogP contribution in [0.25, 0.3) is 0 Å². The Labute approximate surface area is 110 Å².